The quantitative estimate of drug-likeness (QED) is 0.863. The van der Waals surface area contributed by atoms with Gasteiger partial charge in [-0.15, -0.1) is 5.10 Å². The summed E-state index contributed by atoms with van der Waals surface area (Å²) >= 11 is 0. The molecule has 7 heteroatoms. The summed E-state index contributed by atoms with van der Waals surface area (Å²) in [6.07, 6.45) is 2.60. The Morgan fingerprint density at radius 2 is 2.10 bits per heavy atom. The molecule has 0 saturated carbocycles. The van der Waals surface area contributed by atoms with E-state index >= 15 is 0 Å². The SMILES string of the molecule is CCc1cn(-c2ccc(N3CCS(=O)CC3)c(F)c2)nn1. The third kappa shape index (κ3) is 2.97. The van der Waals surface area contributed by atoms with Crippen molar-refractivity contribution in [1.82, 2.24) is 15.0 Å². The molecule has 0 bridgehead atoms. The molecule has 1 aromatic heterocycles. The summed E-state index contributed by atoms with van der Waals surface area (Å²) in [5.74, 6) is 0.919. The third-order valence-electron chi connectivity index (χ3n) is 3.62. The van der Waals surface area contributed by atoms with E-state index in [9.17, 15) is 8.60 Å². The molecule has 0 aliphatic carbocycles. The second kappa shape index (κ2) is 5.93. The van der Waals surface area contributed by atoms with Gasteiger partial charge in [-0.05, 0) is 18.6 Å². The highest BCUT2D eigenvalue weighted by Gasteiger charge is 2.18. The molecule has 112 valence electrons. The van der Waals surface area contributed by atoms with Gasteiger partial charge in [0.2, 0.25) is 0 Å². The standard InChI is InChI=1S/C14H17FN4OS/c1-2-11-10-19(17-16-11)12-3-4-14(13(15)9-12)18-5-7-21(20)8-6-18/h3-4,9-10H,2,5-8H2,1H3. The predicted molar refractivity (Wildman–Crippen MR) is 80.8 cm³/mol. The van der Waals surface area contributed by atoms with Gasteiger partial charge >= 0.3 is 0 Å². The van der Waals surface area contributed by atoms with E-state index in [0.29, 0.717) is 36.0 Å². The van der Waals surface area contributed by atoms with Crippen LogP contribution in [0.25, 0.3) is 5.69 Å². The zero-order valence-corrected chi connectivity index (χ0v) is 12.6. The van der Waals surface area contributed by atoms with Gasteiger partial charge in [-0.2, -0.15) is 0 Å². The lowest BCUT2D eigenvalue weighted by atomic mass is 10.2. The Kier molecular flexibility index (Phi) is 4.01. The molecule has 2 heterocycles. The van der Waals surface area contributed by atoms with Crippen molar-refractivity contribution in [3.05, 3.63) is 35.9 Å². The van der Waals surface area contributed by atoms with Crippen LogP contribution in [0.5, 0.6) is 0 Å². The molecule has 0 unspecified atom stereocenters. The van der Waals surface area contributed by atoms with Crippen LogP contribution in [0.4, 0.5) is 10.1 Å². The van der Waals surface area contributed by atoms with Gasteiger partial charge in [0.1, 0.15) is 5.82 Å². The van der Waals surface area contributed by atoms with Gasteiger partial charge in [-0.25, -0.2) is 9.07 Å². The Morgan fingerprint density at radius 1 is 1.33 bits per heavy atom. The number of hydrogen-bond acceptors (Lipinski definition) is 4. The highest BCUT2D eigenvalue weighted by Crippen LogP contribution is 2.23. The van der Waals surface area contributed by atoms with Gasteiger partial charge in [0, 0.05) is 41.5 Å². The van der Waals surface area contributed by atoms with Crippen LogP contribution < -0.4 is 4.90 Å². The molecule has 3 rings (SSSR count). The van der Waals surface area contributed by atoms with Crippen molar-refractivity contribution >= 4 is 16.5 Å². The fourth-order valence-electron chi connectivity index (χ4n) is 2.36. The van der Waals surface area contributed by atoms with Gasteiger partial charge in [-0.3, -0.25) is 4.21 Å². The van der Waals surface area contributed by atoms with E-state index in [0.717, 1.165) is 12.1 Å². The molecule has 1 saturated heterocycles. The molecule has 0 radical (unpaired) electrons. The Hall–Kier alpha value is -1.76. The summed E-state index contributed by atoms with van der Waals surface area (Å²) < 4.78 is 27.3. The maximum absolute atomic E-state index is 14.3. The van der Waals surface area contributed by atoms with E-state index in [1.54, 1.807) is 16.9 Å². The number of halogens is 1. The Labute approximate surface area is 125 Å². The number of aryl methyl sites for hydroxylation is 1. The van der Waals surface area contributed by atoms with Gasteiger partial charge in [0.05, 0.1) is 23.3 Å². The van der Waals surface area contributed by atoms with Crippen LogP contribution in [0.15, 0.2) is 24.4 Å². The van der Waals surface area contributed by atoms with Crippen LogP contribution in [0.2, 0.25) is 0 Å². The van der Waals surface area contributed by atoms with Crippen molar-refractivity contribution in [1.29, 1.82) is 0 Å². The van der Waals surface area contributed by atoms with Crippen molar-refractivity contribution in [3.63, 3.8) is 0 Å². The monoisotopic (exact) mass is 308 g/mol. The lowest BCUT2D eigenvalue weighted by Crippen LogP contribution is -2.38. The molecule has 1 aliphatic rings. The molecule has 0 N–H and O–H groups in total. The average Bonchev–Trinajstić information content (AvgIpc) is 2.97. The largest absolute Gasteiger partial charge is 0.367 e. The first-order valence-electron chi connectivity index (χ1n) is 6.98. The number of nitrogens with zero attached hydrogens (tertiary/aromatic N) is 4. The van der Waals surface area contributed by atoms with Crippen LogP contribution in [-0.4, -0.2) is 43.8 Å². The van der Waals surface area contributed by atoms with Gasteiger partial charge in [-0.1, -0.05) is 12.1 Å². The van der Waals surface area contributed by atoms with Crippen molar-refractivity contribution in [2.45, 2.75) is 13.3 Å². The molecular weight excluding hydrogens is 291 g/mol. The number of aromatic nitrogens is 3. The molecule has 21 heavy (non-hydrogen) atoms. The molecule has 0 atom stereocenters. The predicted octanol–water partition coefficient (Wildman–Crippen LogP) is 1.54. The second-order valence-electron chi connectivity index (χ2n) is 4.98. The van der Waals surface area contributed by atoms with Gasteiger partial charge in [0.15, 0.2) is 0 Å². The Morgan fingerprint density at radius 3 is 2.71 bits per heavy atom. The van der Waals surface area contributed by atoms with Gasteiger partial charge < -0.3 is 4.90 Å². The zero-order valence-electron chi connectivity index (χ0n) is 11.8. The summed E-state index contributed by atoms with van der Waals surface area (Å²) in [5.41, 5.74) is 2.09. The number of anilines is 1. The molecular formula is C14H17FN4OS. The summed E-state index contributed by atoms with van der Waals surface area (Å²) in [5, 5.41) is 8.00. The Balaban J connectivity index is 1.84. The molecule has 1 aromatic carbocycles. The highest BCUT2D eigenvalue weighted by atomic mass is 32.2. The van der Waals surface area contributed by atoms with Crippen molar-refractivity contribution in [2.75, 3.05) is 29.5 Å². The smallest absolute Gasteiger partial charge is 0.148 e. The Bertz CT molecular complexity index is 663. The molecule has 2 aromatic rings. The fourth-order valence-corrected chi connectivity index (χ4v) is 3.41. The first-order valence-corrected chi connectivity index (χ1v) is 8.47. The lowest BCUT2D eigenvalue weighted by molar-refractivity contribution is 0.614. The maximum atomic E-state index is 14.3. The van der Waals surface area contributed by atoms with E-state index in [2.05, 4.69) is 10.3 Å². The minimum atomic E-state index is -0.760. The fraction of sp³-hybridized carbons (Fsp3) is 0.429. The first-order chi connectivity index (χ1) is 10.2. The normalized spacial score (nSPS) is 16.4. The minimum absolute atomic E-state index is 0.284. The lowest BCUT2D eigenvalue weighted by Gasteiger charge is -2.28. The van der Waals surface area contributed by atoms with Crippen molar-refractivity contribution < 1.29 is 8.60 Å². The van der Waals surface area contributed by atoms with Crippen LogP contribution in [-0.2, 0) is 17.2 Å². The van der Waals surface area contributed by atoms with E-state index in [4.69, 9.17) is 0 Å². The number of hydrogen-bond donors (Lipinski definition) is 0. The molecule has 1 fully saturated rings. The third-order valence-corrected chi connectivity index (χ3v) is 4.89. The summed E-state index contributed by atoms with van der Waals surface area (Å²) in [7, 11) is -0.760. The second-order valence-corrected chi connectivity index (χ2v) is 6.67. The first kappa shape index (κ1) is 14.2. The molecule has 0 spiro atoms. The topological polar surface area (TPSA) is 51.0 Å². The molecule has 5 nitrogen and oxygen atoms in total. The van der Waals surface area contributed by atoms with Crippen LogP contribution in [0.1, 0.15) is 12.6 Å². The maximum Gasteiger partial charge on any atom is 0.148 e. The van der Waals surface area contributed by atoms with E-state index in [1.165, 1.54) is 6.07 Å². The summed E-state index contributed by atoms with van der Waals surface area (Å²) in [6, 6.07) is 5.05. The van der Waals surface area contributed by atoms with Crippen LogP contribution in [0.3, 0.4) is 0 Å². The minimum Gasteiger partial charge on any atom is -0.367 e. The molecule has 0 amide bonds. The van der Waals surface area contributed by atoms with E-state index in [1.807, 2.05) is 17.9 Å². The van der Waals surface area contributed by atoms with Crippen molar-refractivity contribution in [2.24, 2.45) is 0 Å². The van der Waals surface area contributed by atoms with E-state index < -0.39 is 10.8 Å². The highest BCUT2D eigenvalue weighted by molar-refractivity contribution is 7.85. The number of benzene rings is 1. The van der Waals surface area contributed by atoms with E-state index in [-0.39, 0.29) is 5.82 Å². The van der Waals surface area contributed by atoms with Crippen molar-refractivity contribution in [3.8, 4) is 5.69 Å². The van der Waals surface area contributed by atoms with Crippen LogP contribution in [0, 0.1) is 5.82 Å². The summed E-state index contributed by atoms with van der Waals surface area (Å²) in [6.45, 7) is 3.26. The van der Waals surface area contributed by atoms with Crippen LogP contribution >= 0.6 is 0 Å². The number of rotatable bonds is 3. The summed E-state index contributed by atoms with van der Waals surface area (Å²) in [4.78, 5) is 1.94. The zero-order chi connectivity index (χ0) is 14.8. The average molecular weight is 308 g/mol. The molecule has 1 aliphatic heterocycles. The van der Waals surface area contributed by atoms with Gasteiger partial charge in [0.25, 0.3) is 0 Å².